The van der Waals surface area contributed by atoms with E-state index in [1.807, 2.05) is 0 Å². The summed E-state index contributed by atoms with van der Waals surface area (Å²) in [6.07, 6.45) is 0. The summed E-state index contributed by atoms with van der Waals surface area (Å²) in [5, 5.41) is 15.6. The third-order valence-electron chi connectivity index (χ3n) is 4.87. The Kier molecular flexibility index (Phi) is 6.38. The number of rotatable bonds is 6. The number of aromatic nitrogens is 2. The number of benzene rings is 2. The van der Waals surface area contributed by atoms with E-state index in [-0.39, 0.29) is 18.3 Å². The number of nitrogens with zero attached hydrogens (tertiary/aromatic N) is 2. The van der Waals surface area contributed by atoms with Gasteiger partial charge < -0.3 is 15.7 Å². The zero-order valence-electron chi connectivity index (χ0n) is 17.8. The molecule has 8 nitrogen and oxygen atoms in total. The van der Waals surface area contributed by atoms with Gasteiger partial charge in [-0.25, -0.2) is 9.37 Å². The molecule has 2 amide bonds. The van der Waals surface area contributed by atoms with Gasteiger partial charge in [0, 0.05) is 19.2 Å². The number of hydrogen-bond acceptors (Lipinski definition) is 5. The average Bonchev–Trinajstić information content (AvgIpc) is 2.77. The number of carbonyl (C=O) groups is 2. The summed E-state index contributed by atoms with van der Waals surface area (Å²) in [5.41, 5.74) is -1.41. The molecule has 0 saturated carbocycles. The summed E-state index contributed by atoms with van der Waals surface area (Å²) in [6, 6.07) is 14.0. The van der Waals surface area contributed by atoms with E-state index in [0.29, 0.717) is 11.1 Å². The van der Waals surface area contributed by atoms with Crippen LogP contribution in [0.15, 0.2) is 59.4 Å². The van der Waals surface area contributed by atoms with Crippen LogP contribution < -0.4 is 16.2 Å². The summed E-state index contributed by atoms with van der Waals surface area (Å²) in [6.45, 7) is 3.30. The van der Waals surface area contributed by atoms with Gasteiger partial charge in [-0.3, -0.25) is 19.0 Å². The van der Waals surface area contributed by atoms with Crippen LogP contribution in [0, 0.1) is 5.82 Å². The van der Waals surface area contributed by atoms with Crippen LogP contribution in [-0.2, 0) is 19.1 Å². The molecule has 3 rings (SSSR count). The standard InChI is InChI=1S/C23H23FN4O4/c1-23(2,27-19(30)15-7-5-4-6-8-15)22-26-17(18(29)21(32)28(22)3)20(31)25-13-14-9-11-16(24)12-10-14/h4-12,29H,13H2,1-3H3,(H,25,31)(H,27,30). The molecule has 0 aliphatic heterocycles. The summed E-state index contributed by atoms with van der Waals surface area (Å²) in [4.78, 5) is 42.0. The molecule has 1 heterocycles. The minimum Gasteiger partial charge on any atom is -0.501 e. The first-order valence-corrected chi connectivity index (χ1v) is 9.81. The van der Waals surface area contributed by atoms with Crippen LogP contribution in [-0.4, -0.2) is 26.5 Å². The van der Waals surface area contributed by atoms with Crippen molar-refractivity contribution in [1.29, 1.82) is 0 Å². The fourth-order valence-corrected chi connectivity index (χ4v) is 3.18. The Balaban J connectivity index is 1.88. The molecule has 3 N–H and O–H groups in total. The van der Waals surface area contributed by atoms with E-state index >= 15 is 0 Å². The molecule has 9 heteroatoms. The van der Waals surface area contributed by atoms with Crippen molar-refractivity contribution in [2.75, 3.05) is 0 Å². The molecule has 0 unspecified atom stereocenters. The van der Waals surface area contributed by atoms with Gasteiger partial charge in [0.25, 0.3) is 17.4 Å². The summed E-state index contributed by atoms with van der Waals surface area (Å²) in [5.74, 6) is -2.30. The molecule has 0 saturated heterocycles. The van der Waals surface area contributed by atoms with Gasteiger partial charge in [0.2, 0.25) is 5.75 Å². The molecule has 166 valence electrons. The number of aromatic hydroxyl groups is 1. The third-order valence-corrected chi connectivity index (χ3v) is 4.87. The highest BCUT2D eigenvalue weighted by molar-refractivity contribution is 5.95. The van der Waals surface area contributed by atoms with Crippen molar-refractivity contribution in [2.24, 2.45) is 7.05 Å². The molecule has 0 atom stereocenters. The van der Waals surface area contributed by atoms with Crippen LogP contribution in [0.2, 0.25) is 0 Å². The van der Waals surface area contributed by atoms with Crippen LogP contribution >= 0.6 is 0 Å². The average molecular weight is 438 g/mol. The Hall–Kier alpha value is -4.01. The second kappa shape index (κ2) is 9.01. The molecular formula is C23H23FN4O4. The van der Waals surface area contributed by atoms with Gasteiger partial charge in [-0.15, -0.1) is 0 Å². The minimum atomic E-state index is -1.15. The summed E-state index contributed by atoms with van der Waals surface area (Å²) in [7, 11) is 1.39. The maximum Gasteiger partial charge on any atom is 0.296 e. The Labute approximate surface area is 183 Å². The molecule has 32 heavy (non-hydrogen) atoms. The highest BCUT2D eigenvalue weighted by Crippen LogP contribution is 2.20. The Morgan fingerprint density at radius 3 is 2.31 bits per heavy atom. The van der Waals surface area contributed by atoms with E-state index in [4.69, 9.17) is 0 Å². The lowest BCUT2D eigenvalue weighted by Gasteiger charge is -2.28. The van der Waals surface area contributed by atoms with E-state index in [1.54, 1.807) is 44.2 Å². The van der Waals surface area contributed by atoms with Gasteiger partial charge in [0.1, 0.15) is 11.6 Å². The molecule has 0 fully saturated rings. The molecule has 0 bridgehead atoms. The largest absolute Gasteiger partial charge is 0.501 e. The SMILES string of the molecule is Cn1c(C(C)(C)NC(=O)c2ccccc2)nc(C(=O)NCc2ccc(F)cc2)c(O)c1=O. The predicted octanol–water partition coefficient (Wildman–Crippen LogP) is 2.22. The van der Waals surface area contributed by atoms with E-state index in [1.165, 1.54) is 31.3 Å². The van der Waals surface area contributed by atoms with Crippen LogP contribution in [0.5, 0.6) is 5.75 Å². The number of amides is 2. The van der Waals surface area contributed by atoms with Gasteiger partial charge in [-0.1, -0.05) is 30.3 Å². The minimum absolute atomic E-state index is 0.0406. The van der Waals surface area contributed by atoms with Crippen molar-refractivity contribution in [2.45, 2.75) is 25.9 Å². The van der Waals surface area contributed by atoms with Crippen molar-refractivity contribution in [3.05, 3.63) is 93.4 Å². The first kappa shape index (κ1) is 22.7. The Morgan fingerprint density at radius 1 is 1.06 bits per heavy atom. The lowest BCUT2D eigenvalue weighted by Crippen LogP contribution is -2.46. The summed E-state index contributed by atoms with van der Waals surface area (Å²) >= 11 is 0. The highest BCUT2D eigenvalue weighted by Gasteiger charge is 2.31. The van der Waals surface area contributed by atoms with Gasteiger partial charge in [-0.05, 0) is 43.7 Å². The van der Waals surface area contributed by atoms with Gasteiger partial charge in [0.15, 0.2) is 5.69 Å². The molecular weight excluding hydrogens is 415 g/mol. The molecule has 0 aliphatic carbocycles. The summed E-state index contributed by atoms with van der Waals surface area (Å²) < 4.78 is 14.1. The zero-order chi connectivity index (χ0) is 23.5. The van der Waals surface area contributed by atoms with Crippen LogP contribution in [0.4, 0.5) is 4.39 Å². The number of halogens is 1. The van der Waals surface area contributed by atoms with E-state index < -0.39 is 34.3 Å². The fraction of sp³-hybridized carbons (Fsp3) is 0.217. The molecule has 0 radical (unpaired) electrons. The predicted molar refractivity (Wildman–Crippen MR) is 116 cm³/mol. The van der Waals surface area contributed by atoms with Gasteiger partial charge in [-0.2, -0.15) is 0 Å². The number of hydrogen-bond donors (Lipinski definition) is 3. The van der Waals surface area contributed by atoms with E-state index in [2.05, 4.69) is 15.6 Å². The maximum atomic E-state index is 13.0. The van der Waals surface area contributed by atoms with Crippen molar-refractivity contribution in [3.63, 3.8) is 0 Å². The topological polar surface area (TPSA) is 113 Å². The monoisotopic (exact) mass is 438 g/mol. The van der Waals surface area contributed by atoms with Crippen LogP contribution in [0.1, 0.15) is 46.1 Å². The Morgan fingerprint density at radius 2 is 1.69 bits per heavy atom. The van der Waals surface area contributed by atoms with Crippen molar-refractivity contribution in [1.82, 2.24) is 20.2 Å². The van der Waals surface area contributed by atoms with Crippen molar-refractivity contribution < 1.29 is 19.1 Å². The second-order valence-electron chi connectivity index (χ2n) is 7.75. The van der Waals surface area contributed by atoms with Crippen molar-refractivity contribution >= 4 is 11.8 Å². The Bertz CT molecular complexity index is 1210. The molecule has 1 aromatic heterocycles. The van der Waals surface area contributed by atoms with Crippen molar-refractivity contribution in [3.8, 4) is 5.75 Å². The van der Waals surface area contributed by atoms with E-state index in [9.17, 15) is 23.9 Å². The second-order valence-corrected chi connectivity index (χ2v) is 7.75. The highest BCUT2D eigenvalue weighted by atomic mass is 19.1. The zero-order valence-corrected chi connectivity index (χ0v) is 17.8. The molecule has 2 aromatic carbocycles. The van der Waals surface area contributed by atoms with Crippen LogP contribution in [0.3, 0.4) is 0 Å². The first-order chi connectivity index (χ1) is 15.1. The molecule has 0 aliphatic rings. The lowest BCUT2D eigenvalue weighted by molar-refractivity contribution is 0.0906. The van der Waals surface area contributed by atoms with Gasteiger partial charge in [0.05, 0.1) is 5.54 Å². The lowest BCUT2D eigenvalue weighted by atomic mass is 10.0. The maximum absolute atomic E-state index is 13.0. The van der Waals surface area contributed by atoms with Gasteiger partial charge >= 0.3 is 0 Å². The fourth-order valence-electron chi connectivity index (χ4n) is 3.18. The number of carbonyl (C=O) groups excluding carboxylic acids is 2. The first-order valence-electron chi connectivity index (χ1n) is 9.81. The van der Waals surface area contributed by atoms with Crippen LogP contribution in [0.25, 0.3) is 0 Å². The quantitative estimate of drug-likeness (QED) is 0.546. The third kappa shape index (κ3) is 4.83. The van der Waals surface area contributed by atoms with E-state index in [0.717, 1.165) is 4.57 Å². The number of nitrogens with one attached hydrogen (secondary N) is 2. The molecule has 3 aromatic rings. The smallest absolute Gasteiger partial charge is 0.296 e. The molecule has 0 spiro atoms. The normalized spacial score (nSPS) is 11.1.